The highest BCUT2D eigenvalue weighted by atomic mass is 32.1. The molecule has 0 saturated heterocycles. The van der Waals surface area contributed by atoms with Gasteiger partial charge < -0.3 is 4.98 Å². The quantitative estimate of drug-likeness (QED) is 0.798. The Labute approximate surface area is 111 Å². The normalized spacial score (nSPS) is 14.6. The molecule has 0 fully saturated rings. The van der Waals surface area contributed by atoms with Gasteiger partial charge in [0.2, 0.25) is 0 Å². The van der Waals surface area contributed by atoms with Gasteiger partial charge in [-0.25, -0.2) is 0 Å². The number of nitrogens with one attached hydrogen (secondary N) is 1. The molecule has 1 aliphatic carbocycles. The fourth-order valence-corrected chi connectivity index (χ4v) is 3.44. The van der Waals surface area contributed by atoms with E-state index in [0.29, 0.717) is 0 Å². The fraction of sp³-hybridized carbons (Fsp3) is 0.357. The minimum Gasteiger partial charge on any atom is -0.350 e. The summed E-state index contributed by atoms with van der Waals surface area (Å²) in [6.07, 6.45) is 5.95. The van der Waals surface area contributed by atoms with Crippen LogP contribution in [0.4, 0.5) is 0 Å². The molecular weight excluding hydrogens is 246 g/mol. The molecule has 0 bridgehead atoms. The molecule has 1 nitrogen and oxygen atoms in total. The molecule has 0 spiro atoms. The molecular formula is C14H15NS2. The molecule has 0 radical (unpaired) electrons. The molecule has 2 heterocycles. The maximum atomic E-state index is 5.46. The molecule has 88 valence electrons. The van der Waals surface area contributed by atoms with Gasteiger partial charge in [-0.3, -0.25) is 0 Å². The highest BCUT2D eigenvalue weighted by molar-refractivity contribution is 7.71. The van der Waals surface area contributed by atoms with Crippen LogP contribution in [0.3, 0.4) is 0 Å². The largest absolute Gasteiger partial charge is 0.350 e. The van der Waals surface area contributed by atoms with Gasteiger partial charge in [-0.1, -0.05) is 24.4 Å². The molecule has 0 unspecified atom stereocenters. The number of thiophene rings is 1. The summed E-state index contributed by atoms with van der Waals surface area (Å²) in [5.74, 6) is 0. The predicted octanol–water partition coefficient (Wildman–Crippen LogP) is 4.28. The first-order chi connectivity index (χ1) is 8.33. The van der Waals surface area contributed by atoms with Gasteiger partial charge in [0.15, 0.2) is 0 Å². The molecule has 1 aliphatic rings. The Morgan fingerprint density at radius 3 is 3.00 bits per heavy atom. The highest BCUT2D eigenvalue weighted by Crippen LogP contribution is 2.23. The van der Waals surface area contributed by atoms with Gasteiger partial charge in [-0.2, -0.15) is 0 Å². The summed E-state index contributed by atoms with van der Waals surface area (Å²) >= 11 is 7.26. The van der Waals surface area contributed by atoms with Gasteiger partial charge in [0.25, 0.3) is 0 Å². The van der Waals surface area contributed by atoms with E-state index in [1.807, 2.05) is 0 Å². The van der Waals surface area contributed by atoms with Crippen LogP contribution in [0.5, 0.6) is 0 Å². The first kappa shape index (κ1) is 11.2. The lowest BCUT2D eigenvalue weighted by Crippen LogP contribution is -2.07. The van der Waals surface area contributed by atoms with E-state index in [4.69, 9.17) is 12.2 Å². The Hall–Kier alpha value is -0.930. The molecule has 0 atom stereocenters. The molecule has 1 N–H and O–H groups in total. The zero-order valence-corrected chi connectivity index (χ0v) is 11.3. The smallest absolute Gasteiger partial charge is 0.107 e. The van der Waals surface area contributed by atoms with Gasteiger partial charge in [0.05, 0.1) is 0 Å². The summed E-state index contributed by atoms with van der Waals surface area (Å²) in [4.78, 5) is 4.82. The monoisotopic (exact) mass is 261 g/mol. The molecule has 3 rings (SSSR count). The number of aromatic amines is 1. The fourth-order valence-electron chi connectivity index (χ4n) is 2.46. The summed E-state index contributed by atoms with van der Waals surface area (Å²) in [5.41, 5.74) is 4.13. The second kappa shape index (κ2) is 4.75. The lowest BCUT2D eigenvalue weighted by Gasteiger charge is -2.16. The maximum Gasteiger partial charge on any atom is 0.107 e. The molecule has 0 amide bonds. The number of hydrogen-bond donors (Lipinski definition) is 1. The molecule has 2 aromatic heterocycles. The minimum atomic E-state index is 0.930. The molecule has 0 aliphatic heterocycles. The van der Waals surface area contributed by atoms with E-state index in [1.54, 1.807) is 11.3 Å². The van der Waals surface area contributed by atoms with Crippen molar-refractivity contribution in [3.8, 4) is 0 Å². The summed E-state index contributed by atoms with van der Waals surface area (Å²) in [6, 6.07) is 6.61. The van der Waals surface area contributed by atoms with Crippen molar-refractivity contribution < 1.29 is 0 Å². The van der Waals surface area contributed by atoms with Gasteiger partial charge in [-0.05, 0) is 48.3 Å². The highest BCUT2D eigenvalue weighted by Gasteiger charge is 2.11. The Kier molecular flexibility index (Phi) is 3.12. The van der Waals surface area contributed by atoms with Crippen LogP contribution in [0.2, 0.25) is 0 Å². The average molecular weight is 261 g/mol. The standard InChI is InChI=1S/C14H15NS2/c16-14-11(9-12-5-3-7-17-12)8-10-4-1-2-6-13(10)15-14/h3,5,7-8H,1-2,4,6,9H2,(H,15,16). The second-order valence-corrected chi connectivity index (χ2v) is 6.03. The van der Waals surface area contributed by atoms with Crippen LogP contribution in [0.15, 0.2) is 23.6 Å². The predicted molar refractivity (Wildman–Crippen MR) is 75.4 cm³/mol. The van der Waals surface area contributed by atoms with E-state index in [9.17, 15) is 0 Å². The summed E-state index contributed by atoms with van der Waals surface area (Å²) in [7, 11) is 0. The van der Waals surface area contributed by atoms with E-state index >= 15 is 0 Å². The first-order valence-electron chi connectivity index (χ1n) is 6.09. The Bertz CT molecular complexity index is 566. The van der Waals surface area contributed by atoms with Crippen LogP contribution >= 0.6 is 23.6 Å². The van der Waals surface area contributed by atoms with Crippen molar-refractivity contribution in [1.29, 1.82) is 0 Å². The van der Waals surface area contributed by atoms with Crippen LogP contribution < -0.4 is 0 Å². The third-order valence-electron chi connectivity index (χ3n) is 3.36. The average Bonchev–Trinajstić information content (AvgIpc) is 2.83. The van der Waals surface area contributed by atoms with Gasteiger partial charge in [0, 0.05) is 17.0 Å². The van der Waals surface area contributed by atoms with Crippen LogP contribution in [-0.2, 0) is 19.3 Å². The maximum absolute atomic E-state index is 5.46. The van der Waals surface area contributed by atoms with Crippen molar-refractivity contribution in [3.63, 3.8) is 0 Å². The Morgan fingerprint density at radius 2 is 2.18 bits per heavy atom. The number of rotatable bonds is 2. The van der Waals surface area contributed by atoms with Crippen LogP contribution in [-0.4, -0.2) is 4.98 Å². The zero-order chi connectivity index (χ0) is 11.7. The van der Waals surface area contributed by atoms with Crippen molar-refractivity contribution >= 4 is 23.6 Å². The van der Waals surface area contributed by atoms with Crippen LogP contribution in [0.25, 0.3) is 0 Å². The lowest BCUT2D eigenvalue weighted by atomic mass is 9.94. The van der Waals surface area contributed by atoms with Crippen LogP contribution in [0.1, 0.15) is 34.5 Å². The summed E-state index contributed by atoms with van der Waals surface area (Å²) < 4.78 is 0.930. The van der Waals surface area contributed by atoms with Crippen LogP contribution in [0, 0.1) is 4.64 Å². The van der Waals surface area contributed by atoms with Crippen molar-refractivity contribution in [2.24, 2.45) is 0 Å². The number of fused-ring (bicyclic) bond motifs is 1. The number of hydrogen-bond acceptors (Lipinski definition) is 2. The number of H-pyrrole nitrogens is 1. The molecule has 0 aromatic carbocycles. The molecule has 0 saturated carbocycles. The Balaban J connectivity index is 1.97. The third-order valence-corrected chi connectivity index (χ3v) is 4.60. The van der Waals surface area contributed by atoms with E-state index in [1.165, 1.54) is 41.0 Å². The number of pyridine rings is 1. The van der Waals surface area contributed by atoms with Crippen molar-refractivity contribution in [2.45, 2.75) is 32.1 Å². The zero-order valence-electron chi connectivity index (χ0n) is 9.66. The van der Waals surface area contributed by atoms with E-state index in [-0.39, 0.29) is 0 Å². The van der Waals surface area contributed by atoms with E-state index in [2.05, 4.69) is 28.6 Å². The number of aryl methyl sites for hydroxylation is 2. The van der Waals surface area contributed by atoms with E-state index < -0.39 is 0 Å². The third kappa shape index (κ3) is 2.35. The van der Waals surface area contributed by atoms with Gasteiger partial charge >= 0.3 is 0 Å². The van der Waals surface area contributed by atoms with Gasteiger partial charge in [-0.15, -0.1) is 11.3 Å². The van der Waals surface area contributed by atoms with Crippen molar-refractivity contribution in [1.82, 2.24) is 4.98 Å². The van der Waals surface area contributed by atoms with Crippen molar-refractivity contribution in [2.75, 3.05) is 0 Å². The summed E-state index contributed by atoms with van der Waals surface area (Å²) in [5, 5.41) is 2.13. The molecule has 17 heavy (non-hydrogen) atoms. The lowest BCUT2D eigenvalue weighted by molar-refractivity contribution is 0.665. The van der Waals surface area contributed by atoms with Crippen molar-refractivity contribution in [3.05, 3.63) is 49.9 Å². The summed E-state index contributed by atoms with van der Waals surface area (Å²) in [6.45, 7) is 0. The van der Waals surface area contributed by atoms with E-state index in [0.717, 1.165) is 17.5 Å². The second-order valence-electron chi connectivity index (χ2n) is 4.59. The minimum absolute atomic E-state index is 0.930. The Morgan fingerprint density at radius 1 is 1.29 bits per heavy atom. The van der Waals surface area contributed by atoms with Gasteiger partial charge in [0.1, 0.15) is 4.64 Å². The topological polar surface area (TPSA) is 15.8 Å². The molecule has 2 aromatic rings. The molecule has 3 heteroatoms. The first-order valence-corrected chi connectivity index (χ1v) is 7.38. The SMILES string of the molecule is S=c1[nH]c2c(cc1Cc1cccs1)CCCC2. The number of aromatic nitrogens is 1.